The molecule has 1 saturated heterocycles. The number of hydrogen-bond acceptors (Lipinski definition) is 3. The molecule has 1 aliphatic rings. The molecule has 0 bridgehead atoms. The summed E-state index contributed by atoms with van der Waals surface area (Å²) < 4.78 is 5.86. The van der Waals surface area contributed by atoms with Crippen LogP contribution in [-0.4, -0.2) is 30.7 Å². The summed E-state index contributed by atoms with van der Waals surface area (Å²) in [7, 11) is 0. The Balaban J connectivity index is 1.87. The Morgan fingerprint density at radius 1 is 1.39 bits per heavy atom. The van der Waals surface area contributed by atoms with Crippen molar-refractivity contribution in [3.63, 3.8) is 0 Å². The van der Waals surface area contributed by atoms with Gasteiger partial charge in [-0.05, 0) is 37.4 Å². The first-order chi connectivity index (χ1) is 8.79. The van der Waals surface area contributed by atoms with Gasteiger partial charge in [0.25, 0.3) is 0 Å². The third-order valence-corrected chi connectivity index (χ3v) is 3.47. The van der Waals surface area contributed by atoms with E-state index in [9.17, 15) is 0 Å². The fourth-order valence-electron chi connectivity index (χ4n) is 2.50. The molecule has 1 fully saturated rings. The van der Waals surface area contributed by atoms with Crippen LogP contribution in [0.4, 0.5) is 5.69 Å². The van der Waals surface area contributed by atoms with Crippen LogP contribution in [0.5, 0.6) is 0 Å². The van der Waals surface area contributed by atoms with Crippen LogP contribution in [0.3, 0.4) is 0 Å². The van der Waals surface area contributed by atoms with E-state index >= 15 is 0 Å². The number of para-hydroxylation sites is 1. The molecule has 100 valence electrons. The molecular weight excluding hydrogens is 224 g/mol. The highest BCUT2D eigenvalue weighted by atomic mass is 16.5. The van der Waals surface area contributed by atoms with Crippen LogP contribution in [0.1, 0.15) is 31.7 Å². The third-order valence-electron chi connectivity index (χ3n) is 3.47. The predicted octanol–water partition coefficient (Wildman–Crippen LogP) is 2.66. The molecule has 0 spiro atoms. The molecule has 0 radical (unpaired) electrons. The summed E-state index contributed by atoms with van der Waals surface area (Å²) in [5, 5.41) is 0. The number of benzene rings is 1. The Kier molecular flexibility index (Phi) is 5.02. The number of rotatable bonds is 5. The van der Waals surface area contributed by atoms with Crippen LogP contribution in [-0.2, 0) is 11.3 Å². The summed E-state index contributed by atoms with van der Waals surface area (Å²) in [4.78, 5) is 2.45. The van der Waals surface area contributed by atoms with Crippen LogP contribution in [0.2, 0.25) is 0 Å². The molecule has 2 N–H and O–H groups in total. The SMILES string of the molecule is CCCOC1CCCN(Cc2ccccc2N)C1. The molecule has 1 aromatic rings. The van der Waals surface area contributed by atoms with Crippen molar-refractivity contribution in [2.24, 2.45) is 0 Å². The maximum absolute atomic E-state index is 5.99. The van der Waals surface area contributed by atoms with Crippen molar-refractivity contribution in [3.8, 4) is 0 Å². The van der Waals surface area contributed by atoms with Gasteiger partial charge in [0.2, 0.25) is 0 Å². The molecule has 0 amide bonds. The van der Waals surface area contributed by atoms with E-state index in [4.69, 9.17) is 10.5 Å². The number of hydrogen-bond donors (Lipinski definition) is 1. The molecule has 18 heavy (non-hydrogen) atoms. The van der Waals surface area contributed by atoms with Gasteiger partial charge in [-0.25, -0.2) is 0 Å². The molecule has 2 rings (SSSR count). The second-order valence-corrected chi connectivity index (χ2v) is 5.07. The van der Waals surface area contributed by atoms with Gasteiger partial charge in [0.05, 0.1) is 6.10 Å². The van der Waals surface area contributed by atoms with Crippen molar-refractivity contribution < 1.29 is 4.74 Å². The van der Waals surface area contributed by atoms with Crippen molar-refractivity contribution >= 4 is 5.69 Å². The second kappa shape index (κ2) is 6.76. The molecule has 0 saturated carbocycles. The highest BCUT2D eigenvalue weighted by Gasteiger charge is 2.20. The number of piperidine rings is 1. The van der Waals surface area contributed by atoms with Gasteiger partial charge in [0, 0.05) is 25.4 Å². The number of nitrogens with two attached hydrogens (primary N) is 1. The van der Waals surface area contributed by atoms with Crippen LogP contribution < -0.4 is 5.73 Å². The summed E-state index contributed by atoms with van der Waals surface area (Å²) in [5.41, 5.74) is 8.12. The van der Waals surface area contributed by atoms with Crippen LogP contribution in [0.25, 0.3) is 0 Å². The van der Waals surface area contributed by atoms with E-state index in [1.807, 2.05) is 12.1 Å². The number of ether oxygens (including phenoxy) is 1. The van der Waals surface area contributed by atoms with Crippen LogP contribution in [0, 0.1) is 0 Å². The quantitative estimate of drug-likeness (QED) is 0.814. The topological polar surface area (TPSA) is 38.5 Å². The zero-order chi connectivity index (χ0) is 12.8. The van der Waals surface area contributed by atoms with E-state index in [0.29, 0.717) is 6.10 Å². The van der Waals surface area contributed by atoms with E-state index in [0.717, 1.165) is 38.3 Å². The molecule has 0 aliphatic carbocycles. The second-order valence-electron chi connectivity index (χ2n) is 5.07. The van der Waals surface area contributed by atoms with Crippen LogP contribution in [0.15, 0.2) is 24.3 Å². The zero-order valence-corrected chi connectivity index (χ0v) is 11.3. The van der Waals surface area contributed by atoms with Gasteiger partial charge in [0.15, 0.2) is 0 Å². The lowest BCUT2D eigenvalue weighted by Gasteiger charge is -2.32. The minimum atomic E-state index is 0.406. The number of nitrogens with zero attached hydrogens (tertiary/aromatic N) is 1. The molecule has 3 heteroatoms. The van der Waals surface area contributed by atoms with Crippen molar-refractivity contribution in [2.45, 2.75) is 38.8 Å². The minimum absolute atomic E-state index is 0.406. The fraction of sp³-hybridized carbons (Fsp3) is 0.600. The summed E-state index contributed by atoms with van der Waals surface area (Å²) >= 11 is 0. The molecule has 1 aliphatic heterocycles. The van der Waals surface area contributed by atoms with Crippen molar-refractivity contribution in [1.82, 2.24) is 4.90 Å². The van der Waals surface area contributed by atoms with E-state index in [1.165, 1.54) is 18.4 Å². The van der Waals surface area contributed by atoms with Crippen molar-refractivity contribution in [1.29, 1.82) is 0 Å². The molecule has 1 heterocycles. The monoisotopic (exact) mass is 248 g/mol. The summed E-state index contributed by atoms with van der Waals surface area (Å²) in [5.74, 6) is 0. The zero-order valence-electron chi connectivity index (χ0n) is 11.3. The van der Waals surface area contributed by atoms with Crippen molar-refractivity contribution in [2.75, 3.05) is 25.4 Å². The van der Waals surface area contributed by atoms with Gasteiger partial charge < -0.3 is 10.5 Å². The lowest BCUT2D eigenvalue weighted by Crippen LogP contribution is -2.39. The average molecular weight is 248 g/mol. The molecular formula is C15H24N2O. The highest BCUT2D eigenvalue weighted by molar-refractivity contribution is 5.46. The third kappa shape index (κ3) is 3.72. The first-order valence-corrected chi connectivity index (χ1v) is 6.97. The summed E-state index contributed by atoms with van der Waals surface area (Å²) in [6.07, 6.45) is 3.92. The summed E-state index contributed by atoms with van der Waals surface area (Å²) in [6, 6.07) is 8.14. The Bertz CT molecular complexity index is 367. The normalized spacial score (nSPS) is 21.1. The average Bonchev–Trinajstić information content (AvgIpc) is 2.40. The standard InChI is InChI=1S/C15H24N2O/c1-2-10-18-14-7-5-9-17(12-14)11-13-6-3-4-8-15(13)16/h3-4,6,8,14H,2,5,7,9-12,16H2,1H3. The predicted molar refractivity (Wildman–Crippen MR) is 75.4 cm³/mol. The molecule has 3 nitrogen and oxygen atoms in total. The van der Waals surface area contributed by atoms with Gasteiger partial charge >= 0.3 is 0 Å². The largest absolute Gasteiger partial charge is 0.398 e. The van der Waals surface area contributed by atoms with E-state index in [1.54, 1.807) is 0 Å². The Morgan fingerprint density at radius 3 is 3.00 bits per heavy atom. The van der Waals surface area contributed by atoms with Gasteiger partial charge in [0.1, 0.15) is 0 Å². The first kappa shape index (κ1) is 13.4. The Morgan fingerprint density at radius 2 is 2.22 bits per heavy atom. The number of likely N-dealkylation sites (tertiary alicyclic amines) is 1. The fourth-order valence-corrected chi connectivity index (χ4v) is 2.50. The number of nitrogen functional groups attached to an aromatic ring is 1. The first-order valence-electron chi connectivity index (χ1n) is 6.97. The van der Waals surface area contributed by atoms with Crippen LogP contribution >= 0.6 is 0 Å². The summed E-state index contributed by atoms with van der Waals surface area (Å²) in [6.45, 7) is 6.17. The lowest BCUT2D eigenvalue weighted by atomic mass is 10.1. The van der Waals surface area contributed by atoms with E-state index < -0.39 is 0 Å². The van der Waals surface area contributed by atoms with E-state index in [-0.39, 0.29) is 0 Å². The molecule has 0 aromatic heterocycles. The molecule has 1 unspecified atom stereocenters. The maximum atomic E-state index is 5.99. The van der Waals surface area contributed by atoms with Crippen molar-refractivity contribution in [3.05, 3.63) is 29.8 Å². The minimum Gasteiger partial charge on any atom is -0.398 e. The number of anilines is 1. The maximum Gasteiger partial charge on any atom is 0.0702 e. The van der Waals surface area contributed by atoms with Gasteiger partial charge in [-0.1, -0.05) is 25.1 Å². The Hall–Kier alpha value is -1.06. The Labute approximate surface area is 110 Å². The lowest BCUT2D eigenvalue weighted by molar-refractivity contribution is -0.00218. The van der Waals surface area contributed by atoms with Gasteiger partial charge in [-0.2, -0.15) is 0 Å². The van der Waals surface area contributed by atoms with Gasteiger partial charge in [-0.3, -0.25) is 4.90 Å². The molecule has 1 aromatic carbocycles. The van der Waals surface area contributed by atoms with Gasteiger partial charge in [-0.15, -0.1) is 0 Å². The van der Waals surface area contributed by atoms with E-state index in [2.05, 4.69) is 24.0 Å². The highest BCUT2D eigenvalue weighted by Crippen LogP contribution is 2.19. The smallest absolute Gasteiger partial charge is 0.0702 e. The molecule has 1 atom stereocenters.